The molecule has 0 amide bonds. The van der Waals surface area contributed by atoms with Gasteiger partial charge in [-0.1, -0.05) is 12.1 Å². The maximum atomic E-state index is 9.08. The van der Waals surface area contributed by atoms with E-state index in [-0.39, 0.29) is 0 Å². The molecule has 78 valence electrons. The van der Waals surface area contributed by atoms with Crippen LogP contribution in [0.3, 0.4) is 0 Å². The van der Waals surface area contributed by atoms with Crippen LogP contribution < -0.4 is 5.32 Å². The van der Waals surface area contributed by atoms with E-state index in [1.807, 2.05) is 36.9 Å². The van der Waals surface area contributed by atoms with Gasteiger partial charge >= 0.3 is 0 Å². The van der Waals surface area contributed by atoms with E-state index in [0.29, 0.717) is 6.04 Å². The summed E-state index contributed by atoms with van der Waals surface area (Å²) in [6.45, 7) is 1.98. The molecule has 1 aliphatic rings. The van der Waals surface area contributed by atoms with Gasteiger partial charge in [-0.3, -0.25) is 0 Å². The van der Waals surface area contributed by atoms with E-state index in [1.165, 1.54) is 12.2 Å². The Kier molecular flexibility index (Phi) is 3.17. The highest BCUT2D eigenvalue weighted by Crippen LogP contribution is 2.24. The molecule has 2 rings (SSSR count). The van der Waals surface area contributed by atoms with Crippen LogP contribution in [0.2, 0.25) is 0 Å². The van der Waals surface area contributed by atoms with Gasteiger partial charge in [-0.15, -0.1) is 0 Å². The van der Waals surface area contributed by atoms with Gasteiger partial charge in [0, 0.05) is 11.8 Å². The summed E-state index contributed by atoms with van der Waals surface area (Å²) in [6, 6.07) is 8.77. The van der Waals surface area contributed by atoms with Crippen LogP contribution in [0.15, 0.2) is 18.2 Å². The average Bonchev–Trinajstić information content (AvgIpc) is 2.71. The number of nitriles is 1. The van der Waals surface area contributed by atoms with Gasteiger partial charge in [0.2, 0.25) is 0 Å². The summed E-state index contributed by atoms with van der Waals surface area (Å²) in [7, 11) is 0. The lowest BCUT2D eigenvalue weighted by atomic mass is 10.1. The first-order chi connectivity index (χ1) is 7.31. The first-order valence-corrected chi connectivity index (χ1v) is 6.30. The van der Waals surface area contributed by atoms with Crippen molar-refractivity contribution in [1.29, 1.82) is 5.26 Å². The number of hydrogen-bond donors (Lipinski definition) is 1. The fourth-order valence-electron chi connectivity index (χ4n) is 1.80. The van der Waals surface area contributed by atoms with Gasteiger partial charge in [0.25, 0.3) is 0 Å². The SMILES string of the molecule is Cc1cccc(NC2CCSC2)c1C#N. The van der Waals surface area contributed by atoms with Gasteiger partial charge in [-0.25, -0.2) is 0 Å². The first-order valence-electron chi connectivity index (χ1n) is 5.15. The Labute approximate surface area is 94.7 Å². The molecule has 0 saturated carbocycles. The largest absolute Gasteiger partial charge is 0.380 e. The van der Waals surface area contributed by atoms with E-state index in [9.17, 15) is 0 Å². The van der Waals surface area contributed by atoms with E-state index in [0.717, 1.165) is 22.6 Å². The van der Waals surface area contributed by atoms with Crippen molar-refractivity contribution in [3.8, 4) is 6.07 Å². The maximum absolute atomic E-state index is 9.08. The van der Waals surface area contributed by atoms with Crippen LogP contribution in [0.5, 0.6) is 0 Å². The van der Waals surface area contributed by atoms with Crippen molar-refractivity contribution in [3.63, 3.8) is 0 Å². The van der Waals surface area contributed by atoms with E-state index in [1.54, 1.807) is 0 Å². The molecule has 1 aromatic carbocycles. The number of aryl methyl sites for hydroxylation is 1. The van der Waals surface area contributed by atoms with Gasteiger partial charge in [0.05, 0.1) is 11.3 Å². The van der Waals surface area contributed by atoms with Gasteiger partial charge in [0.15, 0.2) is 0 Å². The Morgan fingerprint density at radius 3 is 3.07 bits per heavy atom. The summed E-state index contributed by atoms with van der Waals surface area (Å²) in [5.74, 6) is 2.38. The van der Waals surface area contributed by atoms with Crippen LogP contribution in [0.1, 0.15) is 17.5 Å². The molecule has 1 fully saturated rings. The summed E-state index contributed by atoms with van der Waals surface area (Å²) in [4.78, 5) is 0. The number of rotatable bonds is 2. The highest BCUT2D eigenvalue weighted by atomic mass is 32.2. The molecular weight excluding hydrogens is 204 g/mol. The quantitative estimate of drug-likeness (QED) is 0.829. The van der Waals surface area contributed by atoms with Crippen LogP contribution in [-0.2, 0) is 0 Å². The van der Waals surface area contributed by atoms with Crippen molar-refractivity contribution in [3.05, 3.63) is 29.3 Å². The average molecular weight is 218 g/mol. The number of thioether (sulfide) groups is 1. The molecule has 1 aliphatic heterocycles. The molecule has 1 heterocycles. The lowest BCUT2D eigenvalue weighted by Crippen LogP contribution is -2.18. The fraction of sp³-hybridized carbons (Fsp3) is 0.417. The molecule has 0 bridgehead atoms. The number of nitrogens with zero attached hydrogens (tertiary/aromatic N) is 1. The molecule has 2 nitrogen and oxygen atoms in total. The Balaban J connectivity index is 2.20. The van der Waals surface area contributed by atoms with Crippen LogP contribution >= 0.6 is 11.8 Å². The Morgan fingerprint density at radius 2 is 2.40 bits per heavy atom. The van der Waals surface area contributed by atoms with Gasteiger partial charge in [-0.05, 0) is 30.7 Å². The van der Waals surface area contributed by atoms with Crippen LogP contribution in [-0.4, -0.2) is 17.5 Å². The van der Waals surface area contributed by atoms with Gasteiger partial charge < -0.3 is 5.32 Å². The minimum Gasteiger partial charge on any atom is -0.380 e. The zero-order valence-electron chi connectivity index (χ0n) is 8.79. The summed E-state index contributed by atoms with van der Waals surface area (Å²) >= 11 is 1.97. The second kappa shape index (κ2) is 4.59. The number of nitrogens with one attached hydrogen (secondary N) is 1. The molecule has 1 aromatic rings. The Hall–Kier alpha value is -1.14. The van der Waals surface area contributed by atoms with Crippen molar-refractivity contribution in [2.24, 2.45) is 0 Å². The molecule has 1 N–H and O–H groups in total. The fourth-order valence-corrected chi connectivity index (χ4v) is 2.96. The predicted octanol–water partition coefficient (Wildman–Crippen LogP) is 2.78. The molecule has 15 heavy (non-hydrogen) atoms. The normalized spacial score (nSPS) is 19.9. The van der Waals surface area contributed by atoms with E-state index in [4.69, 9.17) is 5.26 Å². The molecule has 0 radical (unpaired) electrons. The minimum atomic E-state index is 0.531. The van der Waals surface area contributed by atoms with Crippen molar-refractivity contribution < 1.29 is 0 Å². The zero-order valence-corrected chi connectivity index (χ0v) is 9.60. The highest BCUT2D eigenvalue weighted by molar-refractivity contribution is 7.99. The predicted molar refractivity (Wildman–Crippen MR) is 65.2 cm³/mol. The van der Waals surface area contributed by atoms with E-state index < -0.39 is 0 Å². The third-order valence-electron chi connectivity index (χ3n) is 2.67. The summed E-state index contributed by atoms with van der Waals surface area (Å²) < 4.78 is 0. The highest BCUT2D eigenvalue weighted by Gasteiger charge is 2.16. The number of benzene rings is 1. The van der Waals surface area contributed by atoms with Gasteiger partial charge in [-0.2, -0.15) is 17.0 Å². The second-order valence-corrected chi connectivity index (χ2v) is 4.96. The molecule has 0 spiro atoms. The molecular formula is C12H14N2S. The number of hydrogen-bond acceptors (Lipinski definition) is 3. The molecule has 1 saturated heterocycles. The maximum Gasteiger partial charge on any atom is 0.102 e. The molecule has 1 unspecified atom stereocenters. The van der Waals surface area contributed by atoms with Crippen LogP contribution in [0.25, 0.3) is 0 Å². The van der Waals surface area contributed by atoms with Crippen molar-refractivity contribution in [2.45, 2.75) is 19.4 Å². The third-order valence-corrected chi connectivity index (χ3v) is 3.84. The van der Waals surface area contributed by atoms with Crippen LogP contribution in [0, 0.1) is 18.3 Å². The van der Waals surface area contributed by atoms with Crippen molar-refractivity contribution >= 4 is 17.4 Å². The lowest BCUT2D eigenvalue weighted by molar-refractivity contribution is 0.812. The molecule has 0 aliphatic carbocycles. The summed E-state index contributed by atoms with van der Waals surface area (Å²) in [6.07, 6.45) is 1.20. The monoisotopic (exact) mass is 218 g/mol. The molecule has 1 atom stereocenters. The van der Waals surface area contributed by atoms with Gasteiger partial charge in [0.1, 0.15) is 6.07 Å². The van der Waals surface area contributed by atoms with Crippen LogP contribution in [0.4, 0.5) is 5.69 Å². The standard InChI is InChI=1S/C12H14N2S/c1-9-3-2-4-12(11(9)7-13)14-10-5-6-15-8-10/h2-4,10,14H,5-6,8H2,1H3. The Bertz CT molecular complexity index is 389. The van der Waals surface area contributed by atoms with Crippen molar-refractivity contribution in [2.75, 3.05) is 16.8 Å². The smallest absolute Gasteiger partial charge is 0.102 e. The molecule has 0 aromatic heterocycles. The zero-order chi connectivity index (χ0) is 10.7. The van der Waals surface area contributed by atoms with E-state index >= 15 is 0 Å². The summed E-state index contributed by atoms with van der Waals surface area (Å²) in [5.41, 5.74) is 2.83. The Morgan fingerprint density at radius 1 is 1.53 bits per heavy atom. The third kappa shape index (κ3) is 2.27. The number of anilines is 1. The van der Waals surface area contributed by atoms with E-state index in [2.05, 4.69) is 11.4 Å². The second-order valence-electron chi connectivity index (χ2n) is 3.81. The molecule has 3 heteroatoms. The lowest BCUT2D eigenvalue weighted by Gasteiger charge is -2.14. The minimum absolute atomic E-state index is 0.531. The summed E-state index contributed by atoms with van der Waals surface area (Å²) in [5, 5.41) is 12.5. The van der Waals surface area contributed by atoms with Crippen molar-refractivity contribution in [1.82, 2.24) is 0 Å². The first kappa shape index (κ1) is 10.4. The topological polar surface area (TPSA) is 35.8 Å².